The van der Waals surface area contributed by atoms with Gasteiger partial charge in [0.15, 0.2) is 9.84 Å². The highest BCUT2D eigenvalue weighted by atomic mass is 32.2. The van der Waals surface area contributed by atoms with Crippen molar-refractivity contribution in [2.75, 3.05) is 6.26 Å². The summed E-state index contributed by atoms with van der Waals surface area (Å²) < 4.78 is 22.2. The van der Waals surface area contributed by atoms with Crippen molar-refractivity contribution < 1.29 is 8.42 Å². The second-order valence-corrected chi connectivity index (χ2v) is 6.86. The van der Waals surface area contributed by atoms with Gasteiger partial charge in [0.2, 0.25) is 0 Å². The molecule has 0 saturated heterocycles. The highest BCUT2D eigenvalue weighted by Gasteiger charge is 2.37. The molecule has 2 N–H and O–H groups in total. The fourth-order valence-corrected chi connectivity index (χ4v) is 1.89. The Balaban J connectivity index is 3.11. The lowest BCUT2D eigenvalue weighted by molar-refractivity contribution is 0.496. The molecule has 0 amide bonds. The zero-order valence-corrected chi connectivity index (χ0v) is 10.1. The predicted molar refractivity (Wildman–Crippen MR) is 62.3 cm³/mol. The van der Waals surface area contributed by atoms with Crippen molar-refractivity contribution in [3.05, 3.63) is 35.9 Å². The smallest absolute Gasteiger partial charge is 0.154 e. The molecule has 0 aliphatic rings. The largest absolute Gasteiger partial charge is 0.323 e. The van der Waals surface area contributed by atoms with Crippen molar-refractivity contribution in [3.8, 4) is 0 Å². The molecule has 1 aromatic carbocycles. The van der Waals surface area contributed by atoms with Gasteiger partial charge in [-0.3, -0.25) is 0 Å². The molecule has 0 aromatic heterocycles. The van der Waals surface area contributed by atoms with Crippen LogP contribution in [0, 0.1) is 0 Å². The van der Waals surface area contributed by atoms with Crippen LogP contribution in [0.1, 0.15) is 25.5 Å². The molecule has 15 heavy (non-hydrogen) atoms. The van der Waals surface area contributed by atoms with E-state index in [-0.39, 0.29) is 0 Å². The van der Waals surface area contributed by atoms with Crippen molar-refractivity contribution in [1.29, 1.82) is 0 Å². The summed E-state index contributed by atoms with van der Waals surface area (Å²) >= 11 is 0. The highest BCUT2D eigenvalue weighted by molar-refractivity contribution is 7.92. The molecule has 84 valence electrons. The molecule has 1 unspecified atom stereocenters. The average Bonchev–Trinajstić information content (AvgIpc) is 2.16. The first-order valence-corrected chi connectivity index (χ1v) is 6.66. The molecule has 0 heterocycles. The molecule has 0 spiro atoms. The maximum Gasteiger partial charge on any atom is 0.154 e. The Labute approximate surface area is 91.2 Å². The zero-order valence-electron chi connectivity index (χ0n) is 9.27. The minimum absolute atomic E-state index is 0.506. The fourth-order valence-electron chi connectivity index (χ4n) is 1.29. The summed E-state index contributed by atoms with van der Waals surface area (Å²) in [6, 6.07) is 8.77. The van der Waals surface area contributed by atoms with E-state index in [1.165, 1.54) is 6.26 Å². The Kier molecular flexibility index (Phi) is 3.21. The monoisotopic (exact) mass is 227 g/mol. The Bertz CT molecular complexity index is 423. The van der Waals surface area contributed by atoms with Gasteiger partial charge < -0.3 is 5.73 Å². The average molecular weight is 227 g/mol. The van der Waals surface area contributed by atoms with Crippen LogP contribution in [0.3, 0.4) is 0 Å². The Morgan fingerprint density at radius 1 is 1.20 bits per heavy atom. The van der Waals surface area contributed by atoms with E-state index in [1.54, 1.807) is 13.8 Å². The van der Waals surface area contributed by atoms with Crippen LogP contribution in [0.5, 0.6) is 0 Å². The van der Waals surface area contributed by atoms with E-state index >= 15 is 0 Å². The van der Waals surface area contributed by atoms with Crippen LogP contribution >= 0.6 is 0 Å². The molecule has 0 radical (unpaired) electrons. The normalized spacial score (nSPS) is 14.9. The second kappa shape index (κ2) is 3.94. The van der Waals surface area contributed by atoms with Gasteiger partial charge in [-0.25, -0.2) is 8.42 Å². The molecule has 0 saturated carbocycles. The second-order valence-electron chi connectivity index (χ2n) is 4.26. The number of hydrogen-bond acceptors (Lipinski definition) is 3. The molecule has 3 nitrogen and oxygen atoms in total. The van der Waals surface area contributed by atoms with Crippen molar-refractivity contribution in [2.45, 2.75) is 24.6 Å². The maximum absolute atomic E-state index is 11.6. The van der Waals surface area contributed by atoms with Gasteiger partial charge in [-0.2, -0.15) is 0 Å². The van der Waals surface area contributed by atoms with Crippen molar-refractivity contribution in [2.24, 2.45) is 5.73 Å². The summed E-state index contributed by atoms with van der Waals surface area (Å²) in [4.78, 5) is 0. The van der Waals surface area contributed by atoms with Crippen LogP contribution in [0.2, 0.25) is 0 Å². The minimum Gasteiger partial charge on any atom is -0.323 e. The number of nitrogens with two attached hydrogens (primary N) is 1. The molecule has 1 aromatic rings. The van der Waals surface area contributed by atoms with Crippen LogP contribution in [0.25, 0.3) is 0 Å². The number of sulfone groups is 1. The predicted octanol–water partition coefficient (Wildman–Crippen LogP) is 1.51. The van der Waals surface area contributed by atoms with E-state index in [9.17, 15) is 8.42 Å². The van der Waals surface area contributed by atoms with Gasteiger partial charge in [0.25, 0.3) is 0 Å². The maximum atomic E-state index is 11.6. The first-order valence-electron chi connectivity index (χ1n) is 4.77. The Hall–Kier alpha value is -0.870. The molecular weight excluding hydrogens is 210 g/mol. The fraction of sp³-hybridized carbons (Fsp3) is 0.455. The van der Waals surface area contributed by atoms with Crippen molar-refractivity contribution in [1.82, 2.24) is 0 Å². The Morgan fingerprint density at radius 2 is 1.67 bits per heavy atom. The lowest BCUT2D eigenvalue weighted by Gasteiger charge is -2.29. The summed E-state index contributed by atoms with van der Waals surface area (Å²) in [5.41, 5.74) is 6.82. The summed E-state index contributed by atoms with van der Waals surface area (Å²) in [5, 5.41) is 0. The van der Waals surface area contributed by atoms with Gasteiger partial charge >= 0.3 is 0 Å². The van der Waals surface area contributed by atoms with Crippen LogP contribution in [0.4, 0.5) is 0 Å². The Morgan fingerprint density at radius 3 is 2.07 bits per heavy atom. The van der Waals surface area contributed by atoms with Crippen LogP contribution in [-0.4, -0.2) is 19.4 Å². The summed E-state index contributed by atoms with van der Waals surface area (Å²) in [5.74, 6) is 0. The first kappa shape index (κ1) is 12.2. The summed E-state index contributed by atoms with van der Waals surface area (Å²) in [6.45, 7) is 3.31. The van der Waals surface area contributed by atoms with Gasteiger partial charge in [0.05, 0.1) is 4.75 Å². The van der Waals surface area contributed by atoms with Crippen molar-refractivity contribution >= 4 is 9.84 Å². The van der Waals surface area contributed by atoms with Gasteiger partial charge in [-0.1, -0.05) is 30.3 Å². The van der Waals surface area contributed by atoms with E-state index in [0.717, 1.165) is 5.56 Å². The van der Waals surface area contributed by atoms with Gasteiger partial charge in [-0.15, -0.1) is 0 Å². The lowest BCUT2D eigenvalue weighted by atomic mass is 9.96. The van der Waals surface area contributed by atoms with Gasteiger partial charge in [0.1, 0.15) is 0 Å². The summed E-state index contributed by atoms with van der Waals surface area (Å²) in [6.07, 6.45) is 1.22. The third-order valence-corrected chi connectivity index (χ3v) is 5.03. The number of hydrogen-bond donors (Lipinski definition) is 1. The molecule has 1 rings (SSSR count). The molecule has 1 atom stereocenters. The van der Waals surface area contributed by atoms with E-state index in [2.05, 4.69) is 0 Å². The van der Waals surface area contributed by atoms with E-state index in [4.69, 9.17) is 5.73 Å². The van der Waals surface area contributed by atoms with E-state index in [1.807, 2.05) is 30.3 Å². The summed E-state index contributed by atoms with van der Waals surface area (Å²) in [7, 11) is -3.17. The first-order chi connectivity index (χ1) is 6.77. The molecule has 0 aliphatic heterocycles. The van der Waals surface area contributed by atoms with Gasteiger partial charge in [-0.05, 0) is 19.4 Å². The lowest BCUT2D eigenvalue weighted by Crippen LogP contribution is -2.42. The quantitative estimate of drug-likeness (QED) is 0.851. The van der Waals surface area contributed by atoms with Gasteiger partial charge in [0, 0.05) is 12.3 Å². The van der Waals surface area contributed by atoms with Crippen molar-refractivity contribution in [3.63, 3.8) is 0 Å². The van der Waals surface area contributed by atoms with E-state index in [0.29, 0.717) is 0 Å². The minimum atomic E-state index is -3.17. The third-order valence-electron chi connectivity index (χ3n) is 2.86. The molecular formula is C11H17NO2S. The molecule has 0 fully saturated rings. The van der Waals surface area contributed by atoms with Crippen LogP contribution < -0.4 is 5.73 Å². The van der Waals surface area contributed by atoms with Crippen LogP contribution in [-0.2, 0) is 9.84 Å². The van der Waals surface area contributed by atoms with Crippen LogP contribution in [0.15, 0.2) is 30.3 Å². The standard InChI is InChI=1S/C11H17NO2S/c1-11(2,15(3,13)14)10(12)9-7-5-4-6-8-9/h4-8,10H,12H2,1-3H3. The zero-order chi connectivity index (χ0) is 11.7. The topological polar surface area (TPSA) is 60.2 Å². The highest BCUT2D eigenvalue weighted by Crippen LogP contribution is 2.29. The molecule has 0 bridgehead atoms. The third kappa shape index (κ3) is 2.38. The number of benzene rings is 1. The van der Waals surface area contributed by atoms with E-state index < -0.39 is 20.6 Å². The number of rotatable bonds is 3. The molecule has 4 heteroatoms. The SMILES string of the molecule is CC(C)(C(N)c1ccccc1)S(C)(=O)=O. The molecule has 0 aliphatic carbocycles.